The normalized spacial score (nSPS) is 13.3. The summed E-state index contributed by atoms with van der Waals surface area (Å²) < 4.78 is 6.70. The Morgan fingerprint density at radius 3 is 1.74 bits per heavy atom. The van der Waals surface area contributed by atoms with Crippen molar-refractivity contribution in [3.63, 3.8) is 0 Å². The fraction of sp³-hybridized carbons (Fsp3) is 0.119. The van der Waals surface area contributed by atoms with Crippen LogP contribution in [0.15, 0.2) is 205 Å². The number of fused-ring (bicyclic) bond motifs is 4. The molecule has 1 heterocycles. The number of hydrogen-bond donors (Lipinski definition) is 0. The zero-order valence-corrected chi connectivity index (χ0v) is 34.5. The van der Waals surface area contributed by atoms with Crippen molar-refractivity contribution in [1.29, 1.82) is 0 Å². The van der Waals surface area contributed by atoms with Crippen LogP contribution in [0, 0.1) is 6.92 Å². The summed E-state index contributed by atoms with van der Waals surface area (Å²) in [6.45, 7) is 2.26. The van der Waals surface area contributed by atoms with Crippen molar-refractivity contribution >= 4 is 49.8 Å². The third kappa shape index (κ3) is 6.69. The molecule has 2 nitrogen and oxygen atoms in total. The molecule has 61 heavy (non-hydrogen) atoms. The van der Waals surface area contributed by atoms with E-state index in [4.69, 9.17) is 4.42 Å². The number of para-hydroxylation sites is 4. The first-order chi connectivity index (χ1) is 30.2. The molecule has 1 aliphatic rings. The highest BCUT2D eigenvalue weighted by atomic mass is 16.3. The molecule has 9 aromatic carbocycles. The largest absolute Gasteiger partial charge is 0.455 e. The van der Waals surface area contributed by atoms with E-state index in [1.165, 1.54) is 87.4 Å². The lowest BCUT2D eigenvalue weighted by molar-refractivity contribution is 0.445. The van der Waals surface area contributed by atoms with Crippen LogP contribution in [0.3, 0.4) is 0 Å². The van der Waals surface area contributed by atoms with Crippen LogP contribution in [0.25, 0.3) is 77.2 Å². The monoisotopic (exact) mass is 785 g/mol. The van der Waals surface area contributed by atoms with Gasteiger partial charge in [-0.3, -0.25) is 0 Å². The molecule has 0 N–H and O–H groups in total. The Kier molecular flexibility index (Phi) is 9.55. The number of hydrogen-bond acceptors (Lipinski definition) is 2. The molecule has 0 amide bonds. The van der Waals surface area contributed by atoms with Crippen molar-refractivity contribution in [1.82, 2.24) is 0 Å². The van der Waals surface area contributed by atoms with Crippen LogP contribution >= 0.6 is 0 Å². The second kappa shape index (κ2) is 15.8. The van der Waals surface area contributed by atoms with Gasteiger partial charge in [-0.15, -0.1) is 0 Å². The minimum absolute atomic E-state index is 0.573. The van der Waals surface area contributed by atoms with Crippen molar-refractivity contribution in [3.05, 3.63) is 211 Å². The van der Waals surface area contributed by atoms with E-state index in [2.05, 4.69) is 206 Å². The third-order valence-corrected chi connectivity index (χ3v) is 13.0. The van der Waals surface area contributed by atoms with Crippen LogP contribution in [0.1, 0.15) is 49.1 Å². The molecule has 0 spiro atoms. The molecule has 1 aromatic heterocycles. The van der Waals surface area contributed by atoms with Crippen molar-refractivity contribution in [2.75, 3.05) is 4.90 Å². The average Bonchev–Trinajstić information content (AvgIpc) is 3.72. The summed E-state index contributed by atoms with van der Waals surface area (Å²) in [5.74, 6) is 0.573. The Labute approximate surface area is 358 Å². The van der Waals surface area contributed by atoms with E-state index in [1.54, 1.807) is 0 Å². The van der Waals surface area contributed by atoms with E-state index in [-0.39, 0.29) is 0 Å². The quantitative estimate of drug-likeness (QED) is 0.153. The lowest BCUT2D eigenvalue weighted by Gasteiger charge is -2.32. The van der Waals surface area contributed by atoms with Crippen LogP contribution < -0.4 is 4.90 Å². The smallest absolute Gasteiger partial charge is 0.143 e. The molecule has 294 valence electrons. The predicted octanol–water partition coefficient (Wildman–Crippen LogP) is 17.2. The Morgan fingerprint density at radius 1 is 0.426 bits per heavy atom. The van der Waals surface area contributed by atoms with E-state index in [0.29, 0.717) is 5.92 Å². The fourth-order valence-electron chi connectivity index (χ4n) is 10.1. The molecular formula is C59H47NO. The second-order valence-electron chi connectivity index (χ2n) is 16.7. The molecule has 2 heteroatoms. The lowest BCUT2D eigenvalue weighted by atomic mass is 9.80. The first-order valence-corrected chi connectivity index (χ1v) is 21.9. The summed E-state index contributed by atoms with van der Waals surface area (Å²) in [5, 5.41) is 4.94. The molecule has 11 rings (SSSR count). The van der Waals surface area contributed by atoms with Crippen molar-refractivity contribution < 1.29 is 4.42 Å². The molecule has 1 fully saturated rings. The van der Waals surface area contributed by atoms with Gasteiger partial charge in [-0.1, -0.05) is 189 Å². The topological polar surface area (TPSA) is 16.4 Å². The highest BCUT2D eigenvalue weighted by Gasteiger charge is 2.26. The SMILES string of the molecule is Cc1cc(-c2ccc(-c3ccccc3)cc2)ccc1N(c1ccccc1-c1cccc2c1oc1ccccc12)c1ccccc1-c1cccc2cccc(C3CCCCC3)c12. The van der Waals surface area contributed by atoms with Gasteiger partial charge in [-0.2, -0.15) is 0 Å². The highest BCUT2D eigenvalue weighted by molar-refractivity contribution is 6.11. The minimum Gasteiger partial charge on any atom is -0.455 e. The predicted molar refractivity (Wildman–Crippen MR) is 258 cm³/mol. The Bertz CT molecular complexity index is 3180. The van der Waals surface area contributed by atoms with Crippen molar-refractivity contribution in [2.45, 2.75) is 44.9 Å². The number of benzene rings is 9. The zero-order chi connectivity index (χ0) is 40.7. The van der Waals surface area contributed by atoms with Crippen LogP contribution in [0.5, 0.6) is 0 Å². The van der Waals surface area contributed by atoms with Crippen LogP contribution in [0.2, 0.25) is 0 Å². The lowest BCUT2D eigenvalue weighted by Crippen LogP contribution is -2.14. The molecule has 1 aliphatic carbocycles. The van der Waals surface area contributed by atoms with Crippen LogP contribution in [-0.4, -0.2) is 0 Å². The van der Waals surface area contributed by atoms with Crippen LogP contribution in [-0.2, 0) is 0 Å². The average molecular weight is 786 g/mol. The van der Waals surface area contributed by atoms with Gasteiger partial charge in [0.25, 0.3) is 0 Å². The van der Waals surface area contributed by atoms with E-state index in [1.807, 2.05) is 6.07 Å². The molecule has 0 radical (unpaired) electrons. The van der Waals surface area contributed by atoms with E-state index >= 15 is 0 Å². The first kappa shape index (κ1) is 36.9. The molecule has 0 unspecified atom stereocenters. The summed E-state index contributed by atoms with van der Waals surface area (Å²) in [6, 6.07) is 73.2. The summed E-state index contributed by atoms with van der Waals surface area (Å²) in [4.78, 5) is 2.51. The maximum atomic E-state index is 6.70. The molecule has 0 atom stereocenters. The molecule has 1 saturated carbocycles. The summed E-state index contributed by atoms with van der Waals surface area (Å²) in [6.07, 6.45) is 6.44. The third-order valence-electron chi connectivity index (χ3n) is 13.0. The van der Waals surface area contributed by atoms with Crippen molar-refractivity contribution in [2.24, 2.45) is 0 Å². The molecule has 0 bridgehead atoms. The van der Waals surface area contributed by atoms with Gasteiger partial charge in [0.2, 0.25) is 0 Å². The minimum atomic E-state index is 0.573. The highest BCUT2D eigenvalue weighted by Crippen LogP contribution is 2.49. The van der Waals surface area contributed by atoms with Gasteiger partial charge in [-0.25, -0.2) is 0 Å². The second-order valence-corrected chi connectivity index (χ2v) is 16.7. The number of furan rings is 1. The maximum Gasteiger partial charge on any atom is 0.143 e. The Morgan fingerprint density at radius 2 is 0.984 bits per heavy atom. The summed E-state index contributed by atoms with van der Waals surface area (Å²) in [5.41, 5.74) is 17.4. The number of rotatable bonds is 8. The first-order valence-electron chi connectivity index (χ1n) is 21.9. The maximum absolute atomic E-state index is 6.70. The molecular weight excluding hydrogens is 739 g/mol. The van der Waals surface area contributed by atoms with E-state index in [0.717, 1.165) is 50.1 Å². The summed E-state index contributed by atoms with van der Waals surface area (Å²) in [7, 11) is 0. The van der Waals surface area contributed by atoms with Gasteiger partial charge in [0.15, 0.2) is 0 Å². The van der Waals surface area contributed by atoms with E-state index in [9.17, 15) is 0 Å². The van der Waals surface area contributed by atoms with Gasteiger partial charge >= 0.3 is 0 Å². The van der Waals surface area contributed by atoms with Crippen molar-refractivity contribution in [3.8, 4) is 44.5 Å². The number of aryl methyl sites for hydroxylation is 1. The van der Waals surface area contributed by atoms with E-state index < -0.39 is 0 Å². The Balaban J connectivity index is 1.12. The fourth-order valence-corrected chi connectivity index (χ4v) is 10.1. The van der Waals surface area contributed by atoms with Gasteiger partial charge in [-0.05, 0) is 106 Å². The Hall–Kier alpha value is -7.16. The van der Waals surface area contributed by atoms with Gasteiger partial charge < -0.3 is 9.32 Å². The van der Waals surface area contributed by atoms with Crippen LogP contribution in [0.4, 0.5) is 17.1 Å². The van der Waals surface area contributed by atoms with Gasteiger partial charge in [0, 0.05) is 33.2 Å². The summed E-state index contributed by atoms with van der Waals surface area (Å²) >= 11 is 0. The zero-order valence-electron chi connectivity index (χ0n) is 34.5. The number of nitrogens with zero attached hydrogens (tertiary/aromatic N) is 1. The van der Waals surface area contributed by atoms with Gasteiger partial charge in [0.05, 0.1) is 11.4 Å². The number of anilines is 3. The molecule has 0 aliphatic heterocycles. The standard InChI is InChI=1S/C59H47NO/c1-40-39-46(43-35-33-42(34-36-43)41-17-4-2-5-18-41)37-38-54(40)60(56-31-12-9-24-49(56)52-28-16-29-53-50-25-10-13-32-57(50)61-59(52)53)55-30-11-8-23-48(55)51-27-15-22-45-21-14-26-47(58(45)51)44-19-6-3-7-20-44/h2,4-5,8-18,21-39,44H,3,6-7,19-20H2,1H3. The van der Waals surface area contributed by atoms with Gasteiger partial charge in [0.1, 0.15) is 11.2 Å². The molecule has 10 aromatic rings. The molecule has 0 saturated heterocycles.